The number of para-hydroxylation sites is 1. The van der Waals surface area contributed by atoms with E-state index in [1.807, 2.05) is 0 Å². The highest BCUT2D eigenvalue weighted by molar-refractivity contribution is 7.86. The van der Waals surface area contributed by atoms with E-state index < -0.39 is 47.5 Å². The highest BCUT2D eigenvalue weighted by Gasteiger charge is 2.37. The lowest BCUT2D eigenvalue weighted by Crippen LogP contribution is -2.40. The summed E-state index contributed by atoms with van der Waals surface area (Å²) in [5.41, 5.74) is 4.82. The molecule has 0 saturated carbocycles. The molecule has 0 fully saturated rings. The second-order valence-electron chi connectivity index (χ2n) is 6.46. The largest absolute Gasteiger partial charge is 0.397 e. The van der Waals surface area contributed by atoms with E-state index in [1.54, 1.807) is 18.2 Å². The van der Waals surface area contributed by atoms with Gasteiger partial charge < -0.3 is 5.73 Å². The van der Waals surface area contributed by atoms with Crippen molar-refractivity contribution in [2.75, 3.05) is 10.6 Å². The first-order valence-corrected chi connectivity index (χ1v) is 11.1. The number of carbonyl (C=O) groups is 2. The van der Waals surface area contributed by atoms with Crippen LogP contribution in [-0.4, -0.2) is 37.8 Å². The van der Waals surface area contributed by atoms with Crippen molar-refractivity contribution in [3.63, 3.8) is 0 Å². The molecule has 3 aromatic rings. The van der Waals surface area contributed by atoms with Gasteiger partial charge in [-0.05, 0) is 30.3 Å². The zero-order valence-electron chi connectivity index (χ0n) is 14.8. The maximum atomic E-state index is 13.1. The minimum absolute atomic E-state index is 0.0884. The molecule has 30 heavy (non-hydrogen) atoms. The third kappa shape index (κ3) is 2.93. The van der Waals surface area contributed by atoms with Crippen molar-refractivity contribution in [1.29, 1.82) is 0 Å². The lowest BCUT2D eigenvalue weighted by Gasteiger charge is -2.28. The fourth-order valence-electron chi connectivity index (χ4n) is 3.38. The second-order valence-corrected chi connectivity index (χ2v) is 9.27. The molecule has 154 valence electrons. The average molecular weight is 448 g/mol. The van der Waals surface area contributed by atoms with Gasteiger partial charge in [-0.2, -0.15) is 16.8 Å². The topological polar surface area (TPSA) is 172 Å². The molecule has 2 amide bonds. The van der Waals surface area contributed by atoms with Crippen LogP contribution >= 0.6 is 0 Å². The lowest BCUT2D eigenvalue weighted by molar-refractivity contribution is 0.0893. The Hall–Kier alpha value is -3.32. The van der Waals surface area contributed by atoms with Crippen molar-refractivity contribution in [2.45, 2.75) is 9.79 Å². The lowest BCUT2D eigenvalue weighted by atomic mass is 9.92. The van der Waals surface area contributed by atoms with Crippen LogP contribution < -0.4 is 10.6 Å². The van der Waals surface area contributed by atoms with E-state index in [-0.39, 0.29) is 27.6 Å². The molecule has 10 nitrogen and oxygen atoms in total. The molecule has 0 bridgehead atoms. The number of anilines is 2. The maximum absolute atomic E-state index is 13.1. The van der Waals surface area contributed by atoms with Crippen LogP contribution in [-0.2, 0) is 20.2 Å². The number of nitrogen functional groups attached to an aromatic ring is 1. The van der Waals surface area contributed by atoms with Gasteiger partial charge in [0.05, 0.1) is 27.4 Å². The molecule has 0 aliphatic carbocycles. The van der Waals surface area contributed by atoms with Crippen LogP contribution in [0, 0.1) is 0 Å². The summed E-state index contributed by atoms with van der Waals surface area (Å²) in [7, 11) is -9.73. The summed E-state index contributed by atoms with van der Waals surface area (Å²) in [5, 5.41) is -0.380. The molecule has 1 aliphatic rings. The Kier molecular flexibility index (Phi) is 4.22. The Labute approximate surface area is 170 Å². The number of amides is 2. The molecule has 1 aliphatic heterocycles. The molecule has 3 aromatic carbocycles. The molecule has 0 radical (unpaired) electrons. The molecule has 0 saturated heterocycles. The number of nitrogens with two attached hydrogens (primary N) is 1. The smallest absolute Gasteiger partial charge is 0.296 e. The summed E-state index contributed by atoms with van der Waals surface area (Å²) in [5.74, 6) is -1.79. The van der Waals surface area contributed by atoms with Gasteiger partial charge in [-0.1, -0.05) is 18.2 Å². The Bertz CT molecular complexity index is 1460. The molecular formula is C18H12N2O8S2. The van der Waals surface area contributed by atoms with Crippen molar-refractivity contribution in [2.24, 2.45) is 0 Å². The van der Waals surface area contributed by atoms with Gasteiger partial charge in [-0.25, -0.2) is 4.90 Å². The first-order valence-electron chi connectivity index (χ1n) is 8.20. The zero-order chi connectivity index (χ0) is 22.0. The van der Waals surface area contributed by atoms with Crippen LogP contribution in [0.5, 0.6) is 0 Å². The van der Waals surface area contributed by atoms with Gasteiger partial charge in [-0.15, -0.1) is 0 Å². The van der Waals surface area contributed by atoms with Crippen molar-refractivity contribution in [3.8, 4) is 0 Å². The molecule has 0 unspecified atom stereocenters. The van der Waals surface area contributed by atoms with Gasteiger partial charge in [0, 0.05) is 10.8 Å². The second kappa shape index (κ2) is 6.34. The third-order valence-electron chi connectivity index (χ3n) is 4.67. The van der Waals surface area contributed by atoms with Crippen LogP contribution in [0.2, 0.25) is 0 Å². The van der Waals surface area contributed by atoms with Gasteiger partial charge in [0.2, 0.25) is 0 Å². The summed E-state index contributed by atoms with van der Waals surface area (Å²) in [4.78, 5) is 25.4. The number of hydrogen-bond acceptors (Lipinski definition) is 7. The van der Waals surface area contributed by atoms with E-state index in [4.69, 9.17) is 5.73 Å². The Balaban J connectivity index is 2.19. The average Bonchev–Trinajstić information content (AvgIpc) is 2.66. The number of carbonyl (C=O) groups excluding carboxylic acids is 2. The predicted octanol–water partition coefficient (Wildman–Crippen LogP) is 1.72. The van der Waals surface area contributed by atoms with Gasteiger partial charge in [-0.3, -0.25) is 18.7 Å². The number of imide groups is 1. The fourth-order valence-corrected chi connectivity index (χ4v) is 4.56. The Morgan fingerprint density at radius 2 is 1.37 bits per heavy atom. The van der Waals surface area contributed by atoms with E-state index in [9.17, 15) is 35.5 Å². The predicted molar refractivity (Wildman–Crippen MR) is 106 cm³/mol. The normalized spacial score (nSPS) is 14.4. The minimum atomic E-state index is -4.91. The first kappa shape index (κ1) is 20.0. The molecule has 1 heterocycles. The van der Waals surface area contributed by atoms with Crippen LogP contribution in [0.25, 0.3) is 10.8 Å². The monoisotopic (exact) mass is 448 g/mol. The third-order valence-corrected chi connectivity index (χ3v) is 6.39. The number of rotatable bonds is 3. The van der Waals surface area contributed by atoms with Gasteiger partial charge in [0.25, 0.3) is 32.1 Å². The van der Waals surface area contributed by atoms with Gasteiger partial charge >= 0.3 is 0 Å². The van der Waals surface area contributed by atoms with Crippen LogP contribution in [0.3, 0.4) is 0 Å². The molecule has 4 N–H and O–H groups in total. The molecular weight excluding hydrogens is 436 g/mol. The highest BCUT2D eigenvalue weighted by atomic mass is 32.2. The van der Waals surface area contributed by atoms with E-state index in [2.05, 4.69) is 0 Å². The Morgan fingerprint density at radius 3 is 1.90 bits per heavy atom. The summed E-state index contributed by atoms with van der Waals surface area (Å²) in [6, 6.07) is 10.2. The molecule has 0 atom stereocenters. The van der Waals surface area contributed by atoms with Gasteiger partial charge in [0.15, 0.2) is 0 Å². The molecule has 4 rings (SSSR count). The van der Waals surface area contributed by atoms with Crippen LogP contribution in [0.15, 0.2) is 58.3 Å². The van der Waals surface area contributed by atoms with E-state index in [1.165, 1.54) is 12.1 Å². The maximum Gasteiger partial charge on any atom is 0.296 e. The quantitative estimate of drug-likeness (QED) is 0.306. The van der Waals surface area contributed by atoms with Crippen molar-refractivity contribution in [1.82, 2.24) is 0 Å². The summed E-state index contributed by atoms with van der Waals surface area (Å²) in [6.45, 7) is 0. The number of nitrogens with zero attached hydrogens (tertiary/aromatic N) is 1. The summed E-state index contributed by atoms with van der Waals surface area (Å²) in [6.07, 6.45) is 0. The van der Waals surface area contributed by atoms with E-state index >= 15 is 0 Å². The SMILES string of the molecule is Nc1c(S(=O)(=O)O)cc2c3c(cc(S(=O)(=O)O)cc13)C(=O)N(c1ccccc1)C2=O. The van der Waals surface area contributed by atoms with E-state index in [0.29, 0.717) is 0 Å². The zero-order valence-corrected chi connectivity index (χ0v) is 16.4. The van der Waals surface area contributed by atoms with Crippen LogP contribution in [0.4, 0.5) is 11.4 Å². The van der Waals surface area contributed by atoms with E-state index in [0.717, 1.165) is 23.1 Å². The Morgan fingerprint density at radius 1 is 0.800 bits per heavy atom. The minimum Gasteiger partial charge on any atom is -0.397 e. The highest BCUT2D eigenvalue weighted by Crippen LogP contribution is 2.40. The fraction of sp³-hybridized carbons (Fsp3) is 0. The first-order chi connectivity index (χ1) is 13.9. The van der Waals surface area contributed by atoms with Crippen molar-refractivity contribution in [3.05, 3.63) is 59.7 Å². The number of hydrogen-bond donors (Lipinski definition) is 3. The van der Waals surface area contributed by atoms with Crippen molar-refractivity contribution >= 4 is 54.2 Å². The molecule has 0 spiro atoms. The van der Waals surface area contributed by atoms with Crippen molar-refractivity contribution < 1.29 is 35.5 Å². The number of benzene rings is 3. The summed E-state index contributed by atoms with van der Waals surface area (Å²) < 4.78 is 66.0. The van der Waals surface area contributed by atoms with Crippen LogP contribution in [0.1, 0.15) is 20.7 Å². The standard InChI is InChI=1S/C18H12N2O8S2/c19-16-11-6-10(29(23,24)25)7-12-15(11)13(8-14(16)30(26,27)28)18(22)20(17(12)21)9-4-2-1-3-5-9/h1-8H,19H2,(H,23,24,25)(H,26,27,28). The molecule has 0 aromatic heterocycles. The molecule has 12 heteroatoms. The summed E-state index contributed by atoms with van der Waals surface area (Å²) >= 11 is 0. The van der Waals surface area contributed by atoms with Gasteiger partial charge in [0.1, 0.15) is 4.90 Å².